The van der Waals surface area contributed by atoms with Gasteiger partial charge >= 0.3 is 18.3 Å². The number of methoxy groups -OCH3 is 1. The van der Waals surface area contributed by atoms with Gasteiger partial charge in [-0.2, -0.15) is 31.6 Å². The average molecular weight is 589 g/mol. The molecule has 1 aromatic heterocycles. The number of aromatic nitrogens is 1. The maximum atomic E-state index is 13.2. The van der Waals surface area contributed by atoms with Gasteiger partial charge in [0, 0.05) is 17.3 Å². The summed E-state index contributed by atoms with van der Waals surface area (Å²) < 4.78 is 86.7. The molecule has 0 saturated heterocycles. The van der Waals surface area contributed by atoms with E-state index in [1.165, 1.54) is 25.1 Å². The molecule has 6 nitrogen and oxygen atoms in total. The molecule has 0 aliphatic heterocycles. The Morgan fingerprint density at radius 3 is 2.17 bits per heavy atom. The fourth-order valence-corrected chi connectivity index (χ4v) is 4.02. The molecular weight excluding hydrogens is 566 g/mol. The molecule has 0 radical (unpaired) electrons. The number of benzene rings is 2. The summed E-state index contributed by atoms with van der Waals surface area (Å²) in [6, 6.07) is 9.50. The maximum absolute atomic E-state index is 13.2. The van der Waals surface area contributed by atoms with Crippen molar-refractivity contribution in [3.8, 4) is 23.4 Å². The Bertz CT molecular complexity index is 1390. The molecule has 0 fully saturated rings. The largest absolute Gasteiger partial charge is 0.508 e. The molecule has 214 valence electrons. The zero-order valence-electron chi connectivity index (χ0n) is 21.5. The van der Waals surface area contributed by atoms with Crippen molar-refractivity contribution < 1.29 is 45.7 Å². The Kier molecular flexibility index (Phi) is 10.4. The van der Waals surface area contributed by atoms with E-state index in [9.17, 15) is 31.1 Å². The minimum Gasteiger partial charge on any atom is -0.508 e. The number of nitriles is 1. The summed E-state index contributed by atoms with van der Waals surface area (Å²) in [4.78, 5) is 15.1. The molecule has 40 heavy (non-hydrogen) atoms. The Morgan fingerprint density at radius 2 is 1.70 bits per heavy atom. The van der Waals surface area contributed by atoms with Gasteiger partial charge in [-0.3, -0.25) is 0 Å². The van der Waals surface area contributed by atoms with Gasteiger partial charge in [0.05, 0.1) is 36.3 Å². The predicted octanol–water partition coefficient (Wildman–Crippen LogP) is 8.27. The maximum Gasteiger partial charge on any atom is 0.417 e. The quantitative estimate of drug-likeness (QED) is 0.238. The topological polar surface area (TPSA) is 92.4 Å². The molecule has 0 spiro atoms. The molecule has 0 amide bonds. The second kappa shape index (κ2) is 12.9. The number of aryl methyl sites for hydroxylation is 2. The number of carbonyl (C=O) groups excluding carboxylic acids is 1. The van der Waals surface area contributed by atoms with Crippen LogP contribution in [-0.2, 0) is 10.9 Å². The minimum atomic E-state index is -4.88. The van der Waals surface area contributed by atoms with Crippen LogP contribution < -0.4 is 4.74 Å². The van der Waals surface area contributed by atoms with E-state index in [1.54, 1.807) is 12.1 Å². The summed E-state index contributed by atoms with van der Waals surface area (Å²) in [5, 5.41) is 17.7. The normalized spacial score (nSPS) is 12.1. The summed E-state index contributed by atoms with van der Waals surface area (Å²) >= 11 is 6.00. The molecule has 0 aliphatic carbocycles. The lowest BCUT2D eigenvalue weighted by Crippen LogP contribution is -2.15. The highest BCUT2D eigenvalue weighted by atomic mass is 35.5. The number of aromatic hydroxyl groups is 1. The van der Waals surface area contributed by atoms with Crippen molar-refractivity contribution in [3.63, 3.8) is 0 Å². The third kappa shape index (κ3) is 8.77. The van der Waals surface area contributed by atoms with Crippen molar-refractivity contribution in [3.05, 3.63) is 81.0 Å². The number of pyridine rings is 1. The lowest BCUT2D eigenvalue weighted by molar-refractivity contribution is -0.139. The minimum absolute atomic E-state index is 0.0376. The lowest BCUT2D eigenvalue weighted by atomic mass is 9.97. The number of ether oxygens (including phenoxy) is 2. The number of carbonyl (C=O) groups is 1. The summed E-state index contributed by atoms with van der Waals surface area (Å²) in [6.07, 6.45) is -9.68. The monoisotopic (exact) mass is 588 g/mol. The van der Waals surface area contributed by atoms with Gasteiger partial charge in [-0.1, -0.05) is 24.6 Å². The molecule has 0 saturated carbocycles. The van der Waals surface area contributed by atoms with E-state index in [2.05, 4.69) is 15.8 Å². The van der Waals surface area contributed by atoms with Gasteiger partial charge in [-0.05, 0) is 60.7 Å². The Hall–Kier alpha value is -3.98. The van der Waals surface area contributed by atoms with E-state index in [1.807, 2.05) is 13.8 Å². The van der Waals surface area contributed by atoms with E-state index < -0.39 is 47.7 Å². The number of hydrogen-bond donors (Lipinski definition) is 1. The van der Waals surface area contributed by atoms with Gasteiger partial charge in [0.15, 0.2) is 0 Å². The first kappa shape index (κ1) is 32.2. The van der Waals surface area contributed by atoms with Crippen LogP contribution in [0.3, 0.4) is 0 Å². The highest BCUT2D eigenvalue weighted by Gasteiger charge is 2.37. The molecule has 3 rings (SSSR count). The van der Waals surface area contributed by atoms with Crippen LogP contribution in [0.2, 0.25) is 5.02 Å². The lowest BCUT2D eigenvalue weighted by Gasteiger charge is -2.17. The summed E-state index contributed by atoms with van der Waals surface area (Å²) in [7, 11) is 0.927. The number of alkyl halides is 6. The molecule has 0 unspecified atom stereocenters. The number of phenols is 1. The van der Waals surface area contributed by atoms with Crippen LogP contribution in [0.15, 0.2) is 42.6 Å². The van der Waals surface area contributed by atoms with Crippen molar-refractivity contribution in [2.75, 3.05) is 7.11 Å². The Morgan fingerprint density at radius 1 is 1.10 bits per heavy atom. The van der Waals surface area contributed by atoms with Crippen molar-refractivity contribution in [1.29, 1.82) is 5.26 Å². The van der Waals surface area contributed by atoms with Crippen molar-refractivity contribution in [1.82, 2.24) is 4.98 Å². The van der Waals surface area contributed by atoms with Crippen molar-refractivity contribution in [2.24, 2.45) is 0 Å². The first-order valence-corrected chi connectivity index (χ1v) is 11.7. The fourth-order valence-electron chi connectivity index (χ4n) is 3.67. The first-order chi connectivity index (χ1) is 18.5. The van der Waals surface area contributed by atoms with Crippen LogP contribution in [0.25, 0.3) is 0 Å². The van der Waals surface area contributed by atoms with Crippen LogP contribution >= 0.6 is 11.6 Å². The van der Waals surface area contributed by atoms with Gasteiger partial charge in [0.1, 0.15) is 11.5 Å². The number of halogens is 7. The van der Waals surface area contributed by atoms with Crippen molar-refractivity contribution in [2.45, 2.75) is 45.5 Å². The Balaban J connectivity index is 0.000000425. The number of hydrogen-bond acceptors (Lipinski definition) is 6. The number of phenolic OH excluding ortho intramolecular Hbond substituents is 1. The molecule has 1 atom stereocenters. The van der Waals surface area contributed by atoms with E-state index in [0.29, 0.717) is 17.8 Å². The second-order valence-electron chi connectivity index (χ2n) is 8.63. The number of esters is 1. The third-order valence-corrected chi connectivity index (χ3v) is 5.81. The average Bonchev–Trinajstić information content (AvgIpc) is 2.82. The highest BCUT2D eigenvalue weighted by molar-refractivity contribution is 6.31. The highest BCUT2D eigenvalue weighted by Crippen LogP contribution is 2.38. The molecule has 3 aromatic rings. The fraction of sp³-hybridized carbons (Fsp3) is 0.296. The van der Waals surface area contributed by atoms with Gasteiger partial charge in [0.2, 0.25) is 5.88 Å². The van der Waals surface area contributed by atoms with Crippen LogP contribution in [0.5, 0.6) is 17.4 Å². The Labute approximate surface area is 230 Å². The molecule has 1 N–H and O–H groups in total. The van der Waals surface area contributed by atoms with E-state index in [0.717, 1.165) is 18.2 Å². The van der Waals surface area contributed by atoms with E-state index in [4.69, 9.17) is 26.7 Å². The zero-order chi connectivity index (χ0) is 30.4. The number of rotatable bonds is 5. The van der Waals surface area contributed by atoms with Gasteiger partial charge < -0.3 is 14.6 Å². The van der Waals surface area contributed by atoms with Crippen LogP contribution in [0.1, 0.15) is 57.4 Å². The molecular formula is C27H23ClF6N2O4. The molecule has 2 aromatic carbocycles. The van der Waals surface area contributed by atoms with Crippen molar-refractivity contribution >= 4 is 17.6 Å². The summed E-state index contributed by atoms with van der Waals surface area (Å²) in [5.41, 5.74) is 0.414. The smallest absolute Gasteiger partial charge is 0.417 e. The summed E-state index contributed by atoms with van der Waals surface area (Å²) in [6.45, 7) is 4.97. The predicted molar refractivity (Wildman–Crippen MR) is 133 cm³/mol. The van der Waals surface area contributed by atoms with Crippen LogP contribution in [0, 0.1) is 25.2 Å². The van der Waals surface area contributed by atoms with Gasteiger partial charge in [-0.25, -0.2) is 9.78 Å². The zero-order valence-corrected chi connectivity index (χ0v) is 22.3. The number of nitrogens with zero attached hydrogens (tertiary/aromatic N) is 2. The first-order valence-electron chi connectivity index (χ1n) is 11.4. The third-order valence-electron chi connectivity index (χ3n) is 5.48. The molecule has 1 heterocycles. The summed E-state index contributed by atoms with van der Waals surface area (Å²) in [5.74, 6) is -2.45. The SMILES string of the molecule is COC(=O)c1cnc(Oc2ccc([C@H](C)CC(F)(F)F)c(Cl)c2)cc1C(F)(F)F.Cc1cc(O)cc(C)c1C#N. The molecule has 0 aliphatic rings. The van der Waals surface area contributed by atoms with Gasteiger partial charge in [0.25, 0.3) is 0 Å². The van der Waals surface area contributed by atoms with E-state index in [-0.39, 0.29) is 22.1 Å². The van der Waals surface area contributed by atoms with Crippen LogP contribution in [0.4, 0.5) is 26.3 Å². The van der Waals surface area contributed by atoms with Gasteiger partial charge in [-0.15, -0.1) is 0 Å². The van der Waals surface area contributed by atoms with Crippen LogP contribution in [-0.4, -0.2) is 29.3 Å². The molecule has 13 heteroatoms. The molecule has 0 bridgehead atoms. The standard InChI is InChI=1S/C18H14ClF6NO3.C9H9NO/c1-9(7-17(20,21)22)11-4-3-10(5-14(11)19)29-15-6-13(18(23,24)25)12(8-26-15)16(27)28-2;1-6-3-8(11)4-7(2)9(6)5-10/h3-6,8-9H,7H2,1-2H3;3-4,11H,1-2H3/t9-;/m1./s1. The second-order valence-corrected chi connectivity index (χ2v) is 9.04. The van der Waals surface area contributed by atoms with E-state index >= 15 is 0 Å².